The molecule has 3 rings (SSSR count). The number of carbonyl (C=O) groups is 1. The maximum Gasteiger partial charge on any atom is 0.222 e. The van der Waals surface area contributed by atoms with Crippen LogP contribution in [0.5, 0.6) is 0 Å². The van der Waals surface area contributed by atoms with Gasteiger partial charge in [-0.1, -0.05) is 6.92 Å². The van der Waals surface area contributed by atoms with Gasteiger partial charge in [0.1, 0.15) is 0 Å². The van der Waals surface area contributed by atoms with E-state index in [0.717, 1.165) is 12.8 Å². The lowest BCUT2D eigenvalue weighted by molar-refractivity contribution is -0.132. The fourth-order valence-electron chi connectivity index (χ4n) is 3.22. The van der Waals surface area contributed by atoms with Gasteiger partial charge >= 0.3 is 0 Å². The Morgan fingerprint density at radius 1 is 1.00 bits per heavy atom. The zero-order valence-corrected chi connectivity index (χ0v) is 11.3. The SMILES string of the molecule is CCC(=O)N1[C@@H]([C]2[CH][CH][CH][CH]2)CC[C@@H]1[C]1[CH][CH][CH][CH]1. The highest BCUT2D eigenvalue weighted by molar-refractivity contribution is 5.78. The number of hydrogen-bond donors (Lipinski definition) is 0. The monoisotopic (exact) mass is 253 g/mol. The molecule has 2 heteroatoms. The lowest BCUT2D eigenvalue weighted by atomic mass is 9.96. The average Bonchev–Trinajstić information content (AvgIpc) is 3.14. The zero-order chi connectivity index (χ0) is 13.2. The second-order valence-corrected chi connectivity index (χ2v) is 5.20. The summed E-state index contributed by atoms with van der Waals surface area (Å²) in [6.07, 6.45) is 19.5. The van der Waals surface area contributed by atoms with Gasteiger partial charge in [-0.3, -0.25) is 4.79 Å². The average molecular weight is 253 g/mol. The Morgan fingerprint density at radius 3 is 1.79 bits per heavy atom. The van der Waals surface area contributed by atoms with E-state index in [9.17, 15) is 4.79 Å². The van der Waals surface area contributed by atoms with Crippen molar-refractivity contribution in [1.29, 1.82) is 0 Å². The highest BCUT2D eigenvalue weighted by atomic mass is 16.2. The molecule has 0 aromatic heterocycles. The maximum absolute atomic E-state index is 12.4. The number of rotatable bonds is 3. The summed E-state index contributed by atoms with van der Waals surface area (Å²) in [7, 11) is 0. The summed E-state index contributed by atoms with van der Waals surface area (Å²) in [5.74, 6) is 2.81. The largest absolute Gasteiger partial charge is 0.336 e. The lowest BCUT2D eigenvalue weighted by Crippen LogP contribution is -2.45. The summed E-state index contributed by atoms with van der Waals surface area (Å²) in [5.41, 5.74) is 0. The Kier molecular flexibility index (Phi) is 4.14. The van der Waals surface area contributed by atoms with Gasteiger partial charge in [0.25, 0.3) is 0 Å². The molecule has 1 heterocycles. The Morgan fingerprint density at radius 2 is 1.42 bits per heavy atom. The number of amides is 1. The molecule has 2 aliphatic carbocycles. The fraction of sp³-hybridized carbons (Fsp3) is 0.353. The van der Waals surface area contributed by atoms with Crippen LogP contribution in [0.3, 0.4) is 0 Å². The number of likely N-dealkylation sites (tertiary alicyclic amines) is 1. The zero-order valence-electron chi connectivity index (χ0n) is 11.3. The quantitative estimate of drug-likeness (QED) is 0.757. The number of carbonyl (C=O) groups excluding carboxylic acids is 1. The summed E-state index contributed by atoms with van der Waals surface area (Å²) < 4.78 is 0. The molecule has 2 saturated carbocycles. The molecule has 0 bridgehead atoms. The third-order valence-electron chi connectivity index (χ3n) is 4.12. The van der Waals surface area contributed by atoms with Crippen molar-refractivity contribution in [3.63, 3.8) is 0 Å². The molecule has 0 aromatic carbocycles. The van der Waals surface area contributed by atoms with Crippen molar-refractivity contribution in [2.24, 2.45) is 0 Å². The second-order valence-electron chi connectivity index (χ2n) is 5.20. The minimum Gasteiger partial charge on any atom is -0.336 e. The Hall–Kier alpha value is -0.530. The first-order chi connectivity index (χ1) is 9.31. The van der Waals surface area contributed by atoms with Crippen molar-refractivity contribution in [2.45, 2.75) is 38.3 Å². The first-order valence-corrected chi connectivity index (χ1v) is 7.05. The van der Waals surface area contributed by atoms with E-state index in [4.69, 9.17) is 0 Å². The molecule has 1 saturated heterocycles. The predicted molar refractivity (Wildman–Crippen MR) is 74.8 cm³/mol. The van der Waals surface area contributed by atoms with Gasteiger partial charge in [-0.05, 0) is 64.2 Å². The van der Waals surface area contributed by atoms with E-state index in [1.807, 2.05) is 6.92 Å². The van der Waals surface area contributed by atoms with Crippen LogP contribution in [0.2, 0.25) is 0 Å². The van der Waals surface area contributed by atoms with Gasteiger partial charge in [0.05, 0.1) is 0 Å². The molecule has 3 fully saturated rings. The standard InChI is InChI=1S/C17H19NO/c1-2-17(19)18-15(13-7-3-4-8-13)11-12-16(18)14-9-5-6-10-14/h3-10,15-16H,2,11-12H2,1H3/t15-,16-/m1/s1. The Balaban J connectivity index is 1.75. The van der Waals surface area contributed by atoms with E-state index in [0.29, 0.717) is 6.42 Å². The van der Waals surface area contributed by atoms with Crippen molar-refractivity contribution in [1.82, 2.24) is 4.90 Å². The summed E-state index contributed by atoms with van der Waals surface area (Å²) in [4.78, 5) is 14.5. The molecular weight excluding hydrogens is 234 g/mol. The van der Waals surface area contributed by atoms with Crippen LogP contribution in [0.4, 0.5) is 0 Å². The number of hydrogen-bond acceptors (Lipinski definition) is 1. The van der Waals surface area contributed by atoms with Crippen molar-refractivity contribution in [2.75, 3.05) is 0 Å². The molecule has 3 aliphatic rings. The third kappa shape index (κ3) is 2.55. The second kappa shape index (κ2) is 5.85. The molecule has 2 atom stereocenters. The van der Waals surface area contributed by atoms with Crippen LogP contribution < -0.4 is 0 Å². The van der Waals surface area contributed by atoms with Gasteiger partial charge in [0.2, 0.25) is 5.91 Å². The summed E-state index contributed by atoms with van der Waals surface area (Å²) in [5, 5.41) is 0. The minimum atomic E-state index is 0.252. The highest BCUT2D eigenvalue weighted by Gasteiger charge is 2.45. The van der Waals surface area contributed by atoms with Gasteiger partial charge < -0.3 is 4.90 Å². The van der Waals surface area contributed by atoms with Crippen LogP contribution in [0.1, 0.15) is 26.2 Å². The molecule has 2 nitrogen and oxygen atoms in total. The summed E-state index contributed by atoms with van der Waals surface area (Å²) >= 11 is 0. The molecular formula is C17H19NO. The van der Waals surface area contributed by atoms with Crippen molar-refractivity contribution in [3.05, 3.63) is 63.2 Å². The molecule has 1 aliphatic heterocycles. The predicted octanol–water partition coefficient (Wildman–Crippen LogP) is 2.57. The van der Waals surface area contributed by atoms with Crippen LogP contribution >= 0.6 is 0 Å². The smallest absolute Gasteiger partial charge is 0.222 e. The maximum atomic E-state index is 12.4. The highest BCUT2D eigenvalue weighted by Crippen LogP contribution is 2.43. The van der Waals surface area contributed by atoms with E-state index < -0.39 is 0 Å². The fourth-order valence-corrected chi connectivity index (χ4v) is 3.22. The van der Waals surface area contributed by atoms with Crippen LogP contribution in [-0.2, 0) is 4.79 Å². The summed E-state index contributed by atoms with van der Waals surface area (Å²) in [6.45, 7) is 1.95. The molecule has 10 radical (unpaired) electrons. The van der Waals surface area contributed by atoms with Crippen molar-refractivity contribution in [3.8, 4) is 0 Å². The van der Waals surface area contributed by atoms with Crippen LogP contribution in [0.25, 0.3) is 0 Å². The van der Waals surface area contributed by atoms with Crippen LogP contribution in [0, 0.1) is 63.2 Å². The topological polar surface area (TPSA) is 20.3 Å². The van der Waals surface area contributed by atoms with Gasteiger partial charge in [0.15, 0.2) is 0 Å². The van der Waals surface area contributed by atoms with Crippen molar-refractivity contribution >= 4 is 5.91 Å². The first-order valence-electron chi connectivity index (χ1n) is 7.05. The molecule has 98 valence electrons. The van der Waals surface area contributed by atoms with Crippen LogP contribution in [-0.4, -0.2) is 22.9 Å². The van der Waals surface area contributed by atoms with E-state index >= 15 is 0 Å². The van der Waals surface area contributed by atoms with Crippen molar-refractivity contribution < 1.29 is 4.79 Å². The lowest BCUT2D eigenvalue weighted by Gasteiger charge is -2.35. The Bertz CT molecular complexity index is 291. The molecule has 0 N–H and O–H groups in total. The number of nitrogens with zero attached hydrogens (tertiary/aromatic N) is 1. The van der Waals surface area contributed by atoms with Crippen LogP contribution in [0.15, 0.2) is 0 Å². The molecule has 0 aromatic rings. The van der Waals surface area contributed by atoms with E-state index in [1.165, 1.54) is 11.8 Å². The van der Waals surface area contributed by atoms with Gasteiger partial charge in [-0.25, -0.2) is 0 Å². The summed E-state index contributed by atoms with van der Waals surface area (Å²) in [6, 6.07) is 0.504. The van der Waals surface area contributed by atoms with E-state index in [2.05, 4.69) is 56.3 Å². The van der Waals surface area contributed by atoms with Gasteiger partial charge in [-0.15, -0.1) is 0 Å². The van der Waals surface area contributed by atoms with Gasteiger partial charge in [0, 0.05) is 30.3 Å². The van der Waals surface area contributed by atoms with E-state index in [1.54, 1.807) is 0 Å². The third-order valence-corrected chi connectivity index (χ3v) is 4.12. The Labute approximate surface area is 117 Å². The van der Waals surface area contributed by atoms with E-state index in [-0.39, 0.29) is 18.0 Å². The first kappa shape index (κ1) is 13.5. The molecule has 0 unspecified atom stereocenters. The molecule has 19 heavy (non-hydrogen) atoms. The minimum absolute atomic E-state index is 0.252. The molecule has 1 amide bonds. The van der Waals surface area contributed by atoms with Gasteiger partial charge in [-0.2, -0.15) is 0 Å². The molecule has 0 spiro atoms. The normalized spacial score (nSPS) is 33.4.